The minimum absolute atomic E-state index is 0.625. The van der Waals surface area contributed by atoms with E-state index >= 15 is 0 Å². The zero-order valence-corrected chi connectivity index (χ0v) is 38.6. The van der Waals surface area contributed by atoms with Gasteiger partial charge in [0, 0.05) is 11.1 Å². The molecule has 2 fully saturated rings. The van der Waals surface area contributed by atoms with Gasteiger partial charge in [-0.3, -0.25) is 0 Å². The summed E-state index contributed by atoms with van der Waals surface area (Å²) in [5.74, 6) is 8.28. The van der Waals surface area contributed by atoms with Gasteiger partial charge in [-0.25, -0.2) is 0 Å². The molecule has 0 unspecified atom stereocenters. The molecular weight excluding hydrogens is 681 g/mol. The smallest absolute Gasteiger partial charge is 0.125 e. The Morgan fingerprint density at radius 3 is 0.778 bits per heavy atom. The van der Waals surface area contributed by atoms with Crippen LogP contribution in [-0.4, -0.2) is 16.1 Å². The Hall–Kier alpha value is -3.31. The number of rotatable bonds is 6. The summed E-state index contributed by atoms with van der Waals surface area (Å²) in [7, 11) is -3.84. The van der Waals surface area contributed by atoms with Crippen molar-refractivity contribution in [2.75, 3.05) is 0 Å². The predicted octanol–water partition coefficient (Wildman–Crippen LogP) is 15.4. The van der Waals surface area contributed by atoms with Crippen molar-refractivity contribution >= 4 is 59.2 Å². The van der Waals surface area contributed by atoms with Crippen LogP contribution in [0.3, 0.4) is 0 Å². The lowest BCUT2D eigenvalue weighted by atomic mass is 9.84. The van der Waals surface area contributed by atoms with E-state index in [2.05, 4.69) is 158 Å². The van der Waals surface area contributed by atoms with Gasteiger partial charge in [0.2, 0.25) is 0 Å². The van der Waals surface area contributed by atoms with Crippen LogP contribution < -0.4 is 0 Å². The minimum atomic E-state index is -1.92. The summed E-state index contributed by atoms with van der Waals surface area (Å²) < 4.78 is 0. The minimum Gasteiger partial charge on any atom is -0.125 e. The van der Waals surface area contributed by atoms with Gasteiger partial charge in [0.15, 0.2) is 0 Å². The zero-order valence-electron chi connectivity index (χ0n) is 36.6. The van der Waals surface area contributed by atoms with E-state index in [9.17, 15) is 0 Å². The summed E-state index contributed by atoms with van der Waals surface area (Å²) in [4.78, 5) is 0. The van der Waals surface area contributed by atoms with Crippen LogP contribution >= 0.6 is 0 Å². The number of aryl methyl sites for hydroxylation is 4. The van der Waals surface area contributed by atoms with Crippen LogP contribution in [0.2, 0.25) is 33.2 Å². The van der Waals surface area contributed by atoms with Gasteiger partial charge in [-0.2, -0.15) is 0 Å². The fourth-order valence-corrected chi connectivity index (χ4v) is 22.2. The van der Waals surface area contributed by atoms with Crippen molar-refractivity contribution in [1.29, 1.82) is 0 Å². The van der Waals surface area contributed by atoms with E-state index in [0.717, 1.165) is 11.1 Å². The molecule has 2 aliphatic rings. The van der Waals surface area contributed by atoms with Crippen LogP contribution in [-0.2, 0) is 0 Å². The number of hydrogen-bond donors (Lipinski definition) is 0. The predicted molar refractivity (Wildman–Crippen MR) is 246 cm³/mol. The van der Waals surface area contributed by atoms with Crippen molar-refractivity contribution in [3.63, 3.8) is 0 Å². The highest BCUT2D eigenvalue weighted by molar-refractivity contribution is 6.92. The van der Waals surface area contributed by atoms with Crippen LogP contribution in [0, 0.1) is 78.3 Å². The number of benzene rings is 5. The van der Waals surface area contributed by atoms with Crippen LogP contribution in [0.5, 0.6) is 0 Å². The van der Waals surface area contributed by atoms with Crippen LogP contribution in [0.4, 0.5) is 0 Å². The molecule has 0 bridgehead atoms. The molecule has 5 aromatic carbocycles. The van der Waals surface area contributed by atoms with Crippen molar-refractivity contribution < 1.29 is 0 Å². The lowest BCUT2D eigenvalue weighted by Gasteiger charge is -2.34. The maximum atomic E-state index is 4.27. The monoisotopic (exact) mass is 746 g/mol. The standard InChI is InChI=1S/C52H66Si2/c1-29(2)53(30(3)4,41-17-18-41)23-21-43-49-25-45-37(13)33(9)35(11)39(15)47(45)27-51(49)44(22-24-54(31(5)6,32(7)8)42-19-20-42)52-28-48-40(16)36(12)34(10)38(14)46(48)26-50(43)52/h25-32,41-42H,17-20H2,1-16H3. The van der Waals surface area contributed by atoms with Gasteiger partial charge >= 0.3 is 0 Å². The van der Waals surface area contributed by atoms with E-state index in [4.69, 9.17) is 0 Å². The molecule has 0 N–H and O–H groups in total. The zero-order chi connectivity index (χ0) is 39.3. The molecule has 0 aromatic heterocycles. The summed E-state index contributed by atoms with van der Waals surface area (Å²) in [6.45, 7) is 38.4. The van der Waals surface area contributed by atoms with Gasteiger partial charge in [-0.05, 0) is 200 Å². The normalized spacial score (nSPS) is 15.3. The van der Waals surface area contributed by atoms with E-state index < -0.39 is 16.1 Å². The quantitative estimate of drug-likeness (QED) is 0.0922. The number of hydrogen-bond acceptors (Lipinski definition) is 0. The van der Waals surface area contributed by atoms with Gasteiger partial charge in [0.1, 0.15) is 16.1 Å². The third kappa shape index (κ3) is 5.76. The first-order valence-corrected chi connectivity index (χ1v) is 25.8. The Labute approximate surface area is 330 Å². The molecule has 5 aromatic rings. The molecule has 0 atom stereocenters. The van der Waals surface area contributed by atoms with E-state index in [1.165, 1.54) is 124 Å². The molecule has 2 aliphatic carbocycles. The molecule has 54 heavy (non-hydrogen) atoms. The third-order valence-corrected chi connectivity index (χ3v) is 28.1. The summed E-state index contributed by atoms with van der Waals surface area (Å²) in [5.41, 5.74) is 26.3. The molecule has 0 spiro atoms. The van der Waals surface area contributed by atoms with Crippen LogP contribution in [0.1, 0.15) is 137 Å². The third-order valence-electron chi connectivity index (χ3n) is 15.5. The molecule has 2 saturated carbocycles. The topological polar surface area (TPSA) is 0 Å². The molecule has 0 radical (unpaired) electrons. The van der Waals surface area contributed by atoms with Gasteiger partial charge < -0.3 is 0 Å². The first-order valence-electron chi connectivity index (χ1n) is 21.3. The Balaban J connectivity index is 1.74. The second kappa shape index (κ2) is 13.7. The first-order chi connectivity index (χ1) is 25.4. The average molecular weight is 747 g/mol. The molecule has 0 saturated heterocycles. The van der Waals surface area contributed by atoms with Gasteiger partial charge in [0.05, 0.1) is 0 Å². The molecule has 0 heterocycles. The Morgan fingerprint density at radius 1 is 0.370 bits per heavy atom. The van der Waals surface area contributed by atoms with E-state index in [1.54, 1.807) is 0 Å². The van der Waals surface area contributed by atoms with Crippen molar-refractivity contribution in [1.82, 2.24) is 0 Å². The fourth-order valence-electron chi connectivity index (χ4n) is 11.2. The average Bonchev–Trinajstić information content (AvgIpc) is 4.06. The van der Waals surface area contributed by atoms with Gasteiger partial charge in [0.25, 0.3) is 0 Å². The lowest BCUT2D eigenvalue weighted by Crippen LogP contribution is -2.40. The molecule has 2 heteroatoms. The van der Waals surface area contributed by atoms with Crippen molar-refractivity contribution in [2.24, 2.45) is 0 Å². The summed E-state index contributed by atoms with van der Waals surface area (Å²) >= 11 is 0. The second-order valence-corrected chi connectivity index (χ2v) is 29.7. The highest BCUT2D eigenvalue weighted by Crippen LogP contribution is 2.56. The molecule has 0 nitrogen and oxygen atoms in total. The van der Waals surface area contributed by atoms with Crippen molar-refractivity contribution in [3.8, 4) is 22.9 Å². The highest BCUT2D eigenvalue weighted by atomic mass is 28.3. The molecule has 0 amide bonds. The highest BCUT2D eigenvalue weighted by Gasteiger charge is 2.52. The first kappa shape index (κ1) is 38.9. The molecular formula is C52H66Si2. The Kier molecular flexibility index (Phi) is 9.89. The SMILES string of the molecule is Cc1c(C)c(C)c2cc3c(C#C[Si](C(C)C)(C(C)C)C4CC4)c4cc5c(C)c(C)c(C)c(C)c5cc4c(C#C[Si](C(C)C)(C(C)C)C4CC4)c3cc2c1C. The van der Waals surface area contributed by atoms with E-state index in [0.29, 0.717) is 22.2 Å². The summed E-state index contributed by atoms with van der Waals surface area (Å²) in [5, 5.41) is 10.7. The van der Waals surface area contributed by atoms with Crippen LogP contribution in [0.25, 0.3) is 43.1 Å². The summed E-state index contributed by atoms with van der Waals surface area (Å²) in [6, 6.07) is 10.2. The molecule has 282 valence electrons. The molecule has 0 aliphatic heterocycles. The maximum Gasteiger partial charge on any atom is 0.147 e. The van der Waals surface area contributed by atoms with Crippen LogP contribution in [0.15, 0.2) is 24.3 Å². The Morgan fingerprint density at radius 2 is 0.593 bits per heavy atom. The maximum absolute atomic E-state index is 4.27. The van der Waals surface area contributed by atoms with Crippen molar-refractivity contribution in [2.45, 2.75) is 170 Å². The van der Waals surface area contributed by atoms with E-state index in [-0.39, 0.29) is 0 Å². The van der Waals surface area contributed by atoms with E-state index in [1.807, 2.05) is 0 Å². The van der Waals surface area contributed by atoms with Gasteiger partial charge in [-0.15, -0.1) is 11.1 Å². The van der Waals surface area contributed by atoms with Crippen molar-refractivity contribution in [3.05, 3.63) is 79.9 Å². The van der Waals surface area contributed by atoms with Gasteiger partial charge in [-0.1, -0.05) is 92.9 Å². The lowest BCUT2D eigenvalue weighted by molar-refractivity contribution is 0.891. The second-order valence-electron chi connectivity index (χ2n) is 19.2. The fraction of sp³-hybridized carbons (Fsp3) is 0.500. The summed E-state index contributed by atoms with van der Waals surface area (Å²) in [6.07, 6.45) is 5.42. The largest absolute Gasteiger partial charge is 0.147 e. The molecule has 7 rings (SSSR count). The Bertz CT molecular complexity index is 2190. The number of fused-ring (bicyclic) bond motifs is 4.